The average molecular weight is 206 g/mol. The zero-order chi connectivity index (χ0) is 10.9. The van der Waals surface area contributed by atoms with Crippen LogP contribution in [0.1, 0.15) is 36.8 Å². The number of hydrogen-bond donors (Lipinski definition) is 1. The highest BCUT2D eigenvalue weighted by Gasteiger charge is 2.44. The van der Waals surface area contributed by atoms with E-state index in [9.17, 15) is 0 Å². The molecule has 0 heterocycles. The molecule has 1 unspecified atom stereocenters. The minimum absolute atomic E-state index is 0.0226. The molecule has 0 spiro atoms. The Balaban J connectivity index is 2.27. The number of aliphatic hydroxyl groups excluding tert-OH is 1. The van der Waals surface area contributed by atoms with Crippen molar-refractivity contribution in [3.8, 4) is 0 Å². The predicted molar refractivity (Wildman–Crippen MR) is 59.9 cm³/mol. The van der Waals surface area contributed by atoms with Crippen LogP contribution in [0.3, 0.4) is 0 Å². The Kier molecular flexibility index (Phi) is 2.81. The van der Waals surface area contributed by atoms with Crippen LogP contribution in [0.4, 0.5) is 0 Å². The van der Waals surface area contributed by atoms with Crippen LogP contribution < -0.4 is 0 Å². The molecular formula is C13H18O2. The van der Waals surface area contributed by atoms with Crippen LogP contribution in [0, 0.1) is 0 Å². The summed E-state index contributed by atoms with van der Waals surface area (Å²) in [5.74, 6) is 0.206. The first kappa shape index (κ1) is 10.7. The zero-order valence-electron chi connectivity index (χ0n) is 9.36. The SMILES string of the molecule is COC1(c2cccc(C(C)CO)c2)CC1. The Morgan fingerprint density at radius 2 is 2.20 bits per heavy atom. The second kappa shape index (κ2) is 3.95. The summed E-state index contributed by atoms with van der Waals surface area (Å²) in [4.78, 5) is 0. The molecule has 1 N–H and O–H groups in total. The number of methoxy groups -OCH3 is 1. The maximum absolute atomic E-state index is 9.12. The fourth-order valence-corrected chi connectivity index (χ4v) is 1.96. The first-order valence-electron chi connectivity index (χ1n) is 5.48. The Morgan fingerprint density at radius 3 is 2.73 bits per heavy atom. The fourth-order valence-electron chi connectivity index (χ4n) is 1.96. The van der Waals surface area contributed by atoms with E-state index in [-0.39, 0.29) is 18.1 Å². The average Bonchev–Trinajstić information content (AvgIpc) is 3.09. The van der Waals surface area contributed by atoms with Gasteiger partial charge in [0, 0.05) is 19.6 Å². The van der Waals surface area contributed by atoms with Gasteiger partial charge in [-0.25, -0.2) is 0 Å². The van der Waals surface area contributed by atoms with Crippen LogP contribution in [-0.4, -0.2) is 18.8 Å². The molecule has 15 heavy (non-hydrogen) atoms. The van der Waals surface area contributed by atoms with E-state index in [4.69, 9.17) is 9.84 Å². The molecule has 0 aromatic heterocycles. The molecule has 1 atom stereocenters. The van der Waals surface area contributed by atoms with Crippen LogP contribution in [0.5, 0.6) is 0 Å². The van der Waals surface area contributed by atoms with E-state index in [0.29, 0.717) is 0 Å². The summed E-state index contributed by atoms with van der Waals surface area (Å²) in [6, 6.07) is 8.40. The van der Waals surface area contributed by atoms with Crippen molar-refractivity contribution in [2.24, 2.45) is 0 Å². The molecule has 2 rings (SSSR count). The summed E-state index contributed by atoms with van der Waals surface area (Å²) in [6.07, 6.45) is 2.22. The molecule has 1 aromatic carbocycles. The van der Waals surface area contributed by atoms with E-state index in [1.807, 2.05) is 6.92 Å². The van der Waals surface area contributed by atoms with Crippen molar-refractivity contribution in [2.75, 3.05) is 13.7 Å². The maximum Gasteiger partial charge on any atom is 0.0930 e. The third-order valence-corrected chi connectivity index (χ3v) is 3.35. The summed E-state index contributed by atoms with van der Waals surface area (Å²) < 4.78 is 5.54. The van der Waals surface area contributed by atoms with Crippen molar-refractivity contribution in [3.05, 3.63) is 35.4 Å². The quantitative estimate of drug-likeness (QED) is 0.819. The van der Waals surface area contributed by atoms with Gasteiger partial charge in [0.25, 0.3) is 0 Å². The molecule has 1 aliphatic carbocycles. The Labute approximate surface area is 90.9 Å². The second-order valence-corrected chi connectivity index (χ2v) is 4.41. The van der Waals surface area contributed by atoms with Gasteiger partial charge in [-0.15, -0.1) is 0 Å². The standard InChI is InChI=1S/C13H18O2/c1-10(9-14)11-4-3-5-12(8-11)13(15-2)6-7-13/h3-5,8,10,14H,6-7,9H2,1-2H3. The number of aliphatic hydroxyl groups is 1. The maximum atomic E-state index is 9.12. The number of hydrogen-bond acceptors (Lipinski definition) is 2. The van der Waals surface area contributed by atoms with E-state index >= 15 is 0 Å². The molecule has 2 nitrogen and oxygen atoms in total. The van der Waals surface area contributed by atoms with Gasteiger partial charge in [0.15, 0.2) is 0 Å². The van der Waals surface area contributed by atoms with Crippen molar-refractivity contribution in [1.82, 2.24) is 0 Å². The summed E-state index contributed by atoms with van der Waals surface area (Å²) in [5.41, 5.74) is 2.42. The van der Waals surface area contributed by atoms with E-state index in [2.05, 4.69) is 24.3 Å². The summed E-state index contributed by atoms with van der Waals surface area (Å²) in [6.45, 7) is 2.23. The number of rotatable bonds is 4. The van der Waals surface area contributed by atoms with Gasteiger partial charge < -0.3 is 9.84 Å². The van der Waals surface area contributed by atoms with Crippen LogP contribution in [0.15, 0.2) is 24.3 Å². The smallest absolute Gasteiger partial charge is 0.0930 e. The van der Waals surface area contributed by atoms with Crippen LogP contribution in [0.25, 0.3) is 0 Å². The van der Waals surface area contributed by atoms with Crippen molar-refractivity contribution < 1.29 is 9.84 Å². The lowest BCUT2D eigenvalue weighted by Crippen LogP contribution is -2.10. The molecule has 82 valence electrons. The second-order valence-electron chi connectivity index (χ2n) is 4.41. The van der Waals surface area contributed by atoms with Crippen LogP contribution in [-0.2, 0) is 10.3 Å². The first-order valence-corrected chi connectivity index (χ1v) is 5.48. The Bertz CT molecular complexity index is 342. The summed E-state index contributed by atoms with van der Waals surface area (Å²) >= 11 is 0. The molecule has 1 aromatic rings. The number of benzene rings is 1. The molecule has 0 radical (unpaired) electrons. The largest absolute Gasteiger partial charge is 0.396 e. The van der Waals surface area contributed by atoms with Crippen molar-refractivity contribution >= 4 is 0 Å². The lowest BCUT2D eigenvalue weighted by atomic mass is 9.97. The molecular weight excluding hydrogens is 188 g/mol. The van der Waals surface area contributed by atoms with Crippen molar-refractivity contribution in [2.45, 2.75) is 31.3 Å². The summed E-state index contributed by atoms with van der Waals surface area (Å²) in [7, 11) is 1.77. The first-order chi connectivity index (χ1) is 7.22. The van der Waals surface area contributed by atoms with Gasteiger partial charge in [0.05, 0.1) is 5.60 Å². The molecule has 2 heteroatoms. The highest BCUT2D eigenvalue weighted by molar-refractivity contribution is 5.33. The van der Waals surface area contributed by atoms with Crippen molar-refractivity contribution in [3.63, 3.8) is 0 Å². The Morgan fingerprint density at radius 1 is 1.47 bits per heavy atom. The minimum Gasteiger partial charge on any atom is -0.396 e. The lowest BCUT2D eigenvalue weighted by Gasteiger charge is -2.16. The normalized spacial score (nSPS) is 19.9. The minimum atomic E-state index is -0.0226. The van der Waals surface area contributed by atoms with E-state index in [0.717, 1.165) is 12.8 Å². The third kappa shape index (κ3) is 1.92. The molecule has 0 aliphatic heterocycles. The molecule has 1 fully saturated rings. The van der Waals surface area contributed by atoms with Gasteiger partial charge in [0.1, 0.15) is 0 Å². The molecule has 0 bridgehead atoms. The van der Waals surface area contributed by atoms with Crippen LogP contribution in [0.2, 0.25) is 0 Å². The molecule has 1 saturated carbocycles. The topological polar surface area (TPSA) is 29.5 Å². The third-order valence-electron chi connectivity index (χ3n) is 3.35. The van der Waals surface area contributed by atoms with E-state index < -0.39 is 0 Å². The van der Waals surface area contributed by atoms with Gasteiger partial charge in [0.2, 0.25) is 0 Å². The highest BCUT2D eigenvalue weighted by atomic mass is 16.5. The zero-order valence-corrected chi connectivity index (χ0v) is 9.36. The molecule has 0 saturated heterocycles. The van der Waals surface area contributed by atoms with Gasteiger partial charge in [-0.1, -0.05) is 31.2 Å². The van der Waals surface area contributed by atoms with E-state index in [1.54, 1.807) is 7.11 Å². The van der Waals surface area contributed by atoms with Gasteiger partial charge in [-0.2, -0.15) is 0 Å². The summed E-state index contributed by atoms with van der Waals surface area (Å²) in [5, 5.41) is 9.12. The van der Waals surface area contributed by atoms with Gasteiger partial charge in [-0.05, 0) is 24.0 Å². The van der Waals surface area contributed by atoms with E-state index in [1.165, 1.54) is 11.1 Å². The Hall–Kier alpha value is -0.860. The van der Waals surface area contributed by atoms with Gasteiger partial charge >= 0.3 is 0 Å². The van der Waals surface area contributed by atoms with Gasteiger partial charge in [-0.3, -0.25) is 0 Å². The lowest BCUT2D eigenvalue weighted by molar-refractivity contribution is 0.0788. The molecule has 0 amide bonds. The molecule has 1 aliphatic rings. The fraction of sp³-hybridized carbons (Fsp3) is 0.538. The van der Waals surface area contributed by atoms with Crippen LogP contribution >= 0.6 is 0 Å². The number of ether oxygens (including phenoxy) is 1. The van der Waals surface area contributed by atoms with Crippen molar-refractivity contribution in [1.29, 1.82) is 0 Å². The predicted octanol–water partition coefficient (Wildman–Crippen LogP) is 2.42. The monoisotopic (exact) mass is 206 g/mol. The highest BCUT2D eigenvalue weighted by Crippen LogP contribution is 2.48.